The molecule has 0 aliphatic heterocycles. The summed E-state index contributed by atoms with van der Waals surface area (Å²) in [5.74, 6) is -3.28. The van der Waals surface area contributed by atoms with Crippen molar-refractivity contribution in [2.45, 2.75) is 6.61 Å². The van der Waals surface area contributed by atoms with Crippen molar-refractivity contribution in [2.24, 2.45) is 0 Å². The quantitative estimate of drug-likeness (QED) is 0.855. The van der Waals surface area contributed by atoms with Gasteiger partial charge in [-0.25, -0.2) is 9.18 Å². The zero-order valence-corrected chi connectivity index (χ0v) is 10.9. The molecule has 0 radical (unpaired) electrons. The predicted octanol–water partition coefficient (Wildman–Crippen LogP) is 3.64. The van der Waals surface area contributed by atoms with Crippen molar-refractivity contribution >= 4 is 12.0 Å². The van der Waals surface area contributed by atoms with Gasteiger partial charge in [0.15, 0.2) is 11.6 Å². The van der Waals surface area contributed by atoms with E-state index in [2.05, 4.69) is 0 Å². The van der Waals surface area contributed by atoms with E-state index in [1.165, 1.54) is 18.2 Å². The van der Waals surface area contributed by atoms with Gasteiger partial charge < -0.3 is 9.84 Å². The van der Waals surface area contributed by atoms with E-state index in [-0.39, 0.29) is 12.4 Å². The van der Waals surface area contributed by atoms with Crippen LogP contribution in [0.4, 0.5) is 8.78 Å². The number of rotatable bonds is 5. The van der Waals surface area contributed by atoms with Crippen LogP contribution in [-0.4, -0.2) is 11.1 Å². The van der Waals surface area contributed by atoms with Crippen LogP contribution in [0, 0.1) is 11.6 Å². The smallest absolute Gasteiger partial charge is 0.328 e. The molecule has 0 spiro atoms. The molecule has 0 aliphatic carbocycles. The lowest BCUT2D eigenvalue weighted by Crippen LogP contribution is -2.00. The minimum atomic E-state index is -1.07. The van der Waals surface area contributed by atoms with Gasteiger partial charge in [0, 0.05) is 6.08 Å². The molecule has 0 aromatic heterocycles. The molecule has 21 heavy (non-hydrogen) atoms. The van der Waals surface area contributed by atoms with Crippen LogP contribution >= 0.6 is 0 Å². The minimum Gasteiger partial charge on any atom is -0.486 e. The topological polar surface area (TPSA) is 46.5 Å². The van der Waals surface area contributed by atoms with Crippen LogP contribution in [0.1, 0.15) is 11.1 Å². The first-order chi connectivity index (χ1) is 10.1. The molecule has 2 aromatic carbocycles. The van der Waals surface area contributed by atoms with E-state index >= 15 is 0 Å². The molecule has 2 aromatic rings. The maximum absolute atomic E-state index is 13.5. The van der Waals surface area contributed by atoms with Crippen LogP contribution in [0.3, 0.4) is 0 Å². The number of halogens is 2. The summed E-state index contributed by atoms with van der Waals surface area (Å²) in [5, 5.41) is 8.63. The Morgan fingerprint density at radius 3 is 2.67 bits per heavy atom. The SMILES string of the molecule is O=C(O)C=Cc1ccccc1COc1cccc(F)c1F. The monoisotopic (exact) mass is 290 g/mol. The Balaban J connectivity index is 2.17. The number of carbonyl (C=O) groups is 1. The zero-order valence-electron chi connectivity index (χ0n) is 10.9. The Bertz CT molecular complexity index is 681. The van der Waals surface area contributed by atoms with Crippen molar-refractivity contribution in [1.29, 1.82) is 0 Å². The number of hydrogen-bond donors (Lipinski definition) is 1. The Labute approximate surface area is 120 Å². The standard InChI is InChI=1S/C16H12F2O3/c17-13-6-3-7-14(16(13)18)21-10-12-5-2-1-4-11(12)8-9-15(19)20/h1-9H,10H2,(H,19,20). The second kappa shape index (κ2) is 6.65. The molecule has 1 N–H and O–H groups in total. The summed E-state index contributed by atoms with van der Waals surface area (Å²) in [6, 6.07) is 10.6. The third kappa shape index (κ3) is 3.89. The van der Waals surface area contributed by atoms with Crippen molar-refractivity contribution in [1.82, 2.24) is 0 Å². The van der Waals surface area contributed by atoms with Crippen molar-refractivity contribution in [3.63, 3.8) is 0 Å². The molecule has 108 valence electrons. The molecule has 0 unspecified atom stereocenters. The summed E-state index contributed by atoms with van der Waals surface area (Å²) in [5.41, 5.74) is 1.30. The van der Waals surface area contributed by atoms with E-state index < -0.39 is 17.6 Å². The molecule has 2 rings (SSSR count). The summed E-state index contributed by atoms with van der Waals surface area (Å²) in [6.07, 6.45) is 2.42. The maximum Gasteiger partial charge on any atom is 0.328 e. The number of benzene rings is 2. The third-order valence-corrected chi connectivity index (χ3v) is 2.76. The van der Waals surface area contributed by atoms with Crippen LogP contribution < -0.4 is 4.74 Å². The highest BCUT2D eigenvalue weighted by Crippen LogP contribution is 2.21. The van der Waals surface area contributed by atoms with Crippen LogP contribution in [0.15, 0.2) is 48.5 Å². The summed E-state index contributed by atoms with van der Waals surface area (Å²) in [7, 11) is 0. The fraction of sp³-hybridized carbons (Fsp3) is 0.0625. The van der Waals surface area contributed by atoms with Gasteiger partial charge in [-0.05, 0) is 29.3 Å². The highest BCUT2D eigenvalue weighted by atomic mass is 19.2. The lowest BCUT2D eigenvalue weighted by atomic mass is 10.1. The number of hydrogen-bond acceptors (Lipinski definition) is 2. The maximum atomic E-state index is 13.5. The number of carboxylic acid groups (broad SMARTS) is 1. The minimum absolute atomic E-state index is 0.000502. The normalized spacial score (nSPS) is 10.8. The molecule has 0 atom stereocenters. The second-order valence-electron chi connectivity index (χ2n) is 4.21. The lowest BCUT2D eigenvalue weighted by molar-refractivity contribution is -0.131. The summed E-state index contributed by atoms with van der Waals surface area (Å²) < 4.78 is 31.8. The van der Waals surface area contributed by atoms with Crippen LogP contribution in [0.25, 0.3) is 6.08 Å². The van der Waals surface area contributed by atoms with Gasteiger partial charge in [0.2, 0.25) is 5.82 Å². The van der Waals surface area contributed by atoms with Crippen LogP contribution in [0.5, 0.6) is 5.75 Å². The Hall–Kier alpha value is -2.69. The molecule has 0 saturated carbocycles. The third-order valence-electron chi connectivity index (χ3n) is 2.76. The van der Waals surface area contributed by atoms with Gasteiger partial charge in [0.1, 0.15) is 6.61 Å². The molecule has 3 nitrogen and oxygen atoms in total. The van der Waals surface area contributed by atoms with Gasteiger partial charge in [-0.15, -0.1) is 0 Å². The lowest BCUT2D eigenvalue weighted by Gasteiger charge is -2.09. The molecular weight excluding hydrogens is 278 g/mol. The average molecular weight is 290 g/mol. The fourth-order valence-electron chi connectivity index (χ4n) is 1.74. The molecular formula is C16H12F2O3. The Morgan fingerprint density at radius 1 is 1.14 bits per heavy atom. The van der Waals surface area contributed by atoms with E-state index in [4.69, 9.17) is 9.84 Å². The van der Waals surface area contributed by atoms with Crippen molar-refractivity contribution in [3.8, 4) is 5.75 Å². The Kier molecular flexibility index (Phi) is 4.66. The highest BCUT2D eigenvalue weighted by molar-refractivity contribution is 5.85. The van der Waals surface area contributed by atoms with Crippen molar-refractivity contribution in [2.75, 3.05) is 0 Å². The molecule has 0 saturated heterocycles. The fourth-order valence-corrected chi connectivity index (χ4v) is 1.74. The van der Waals surface area contributed by atoms with Gasteiger partial charge in [-0.3, -0.25) is 0 Å². The number of ether oxygens (including phenoxy) is 1. The van der Waals surface area contributed by atoms with Gasteiger partial charge in [-0.2, -0.15) is 4.39 Å². The number of aliphatic carboxylic acids is 1. The molecule has 0 aliphatic rings. The molecule has 0 heterocycles. The van der Waals surface area contributed by atoms with Crippen molar-refractivity contribution < 1.29 is 23.4 Å². The van der Waals surface area contributed by atoms with Crippen molar-refractivity contribution in [3.05, 3.63) is 71.3 Å². The average Bonchev–Trinajstić information content (AvgIpc) is 2.47. The molecule has 0 fully saturated rings. The van der Waals surface area contributed by atoms with E-state index in [9.17, 15) is 13.6 Å². The molecule has 0 bridgehead atoms. The van der Waals surface area contributed by atoms with E-state index in [1.807, 2.05) is 0 Å². The predicted molar refractivity (Wildman–Crippen MR) is 73.8 cm³/mol. The summed E-state index contributed by atoms with van der Waals surface area (Å²) in [4.78, 5) is 10.5. The highest BCUT2D eigenvalue weighted by Gasteiger charge is 2.09. The van der Waals surface area contributed by atoms with E-state index in [0.29, 0.717) is 11.1 Å². The van der Waals surface area contributed by atoms with E-state index in [0.717, 1.165) is 12.1 Å². The van der Waals surface area contributed by atoms with Crippen LogP contribution in [0.2, 0.25) is 0 Å². The van der Waals surface area contributed by atoms with Gasteiger partial charge in [-0.1, -0.05) is 30.3 Å². The first kappa shape index (κ1) is 14.7. The first-order valence-electron chi connectivity index (χ1n) is 6.13. The first-order valence-corrected chi connectivity index (χ1v) is 6.13. The second-order valence-corrected chi connectivity index (χ2v) is 4.21. The number of carboxylic acids is 1. The van der Waals surface area contributed by atoms with Gasteiger partial charge >= 0.3 is 5.97 Å². The molecule has 5 heteroatoms. The van der Waals surface area contributed by atoms with E-state index in [1.54, 1.807) is 24.3 Å². The molecule has 0 amide bonds. The summed E-state index contributed by atoms with van der Waals surface area (Å²) >= 11 is 0. The summed E-state index contributed by atoms with van der Waals surface area (Å²) in [6.45, 7) is 0.000502. The largest absolute Gasteiger partial charge is 0.486 e. The zero-order chi connectivity index (χ0) is 15.2. The van der Waals surface area contributed by atoms with Gasteiger partial charge in [0.05, 0.1) is 0 Å². The van der Waals surface area contributed by atoms with Crippen LogP contribution in [-0.2, 0) is 11.4 Å². The Morgan fingerprint density at radius 2 is 1.90 bits per heavy atom. The van der Waals surface area contributed by atoms with Gasteiger partial charge in [0.25, 0.3) is 0 Å².